The second kappa shape index (κ2) is 7.45. The van der Waals surface area contributed by atoms with Gasteiger partial charge in [-0.1, -0.05) is 6.08 Å². The summed E-state index contributed by atoms with van der Waals surface area (Å²) in [5, 5.41) is 0. The maximum absolute atomic E-state index is 13.0. The molecule has 2 rings (SSSR count). The van der Waals surface area contributed by atoms with Crippen molar-refractivity contribution in [2.24, 2.45) is 11.3 Å². The van der Waals surface area contributed by atoms with Crippen molar-refractivity contribution >= 4 is 23.9 Å². The number of fused-ring (bicyclic) bond motifs is 1. The van der Waals surface area contributed by atoms with Crippen LogP contribution in [-0.2, 0) is 38.1 Å². The lowest BCUT2D eigenvalue weighted by Gasteiger charge is -2.40. The average molecular weight is 369 g/mol. The minimum absolute atomic E-state index is 0.00301. The molecule has 2 aliphatic rings. The van der Waals surface area contributed by atoms with Crippen molar-refractivity contribution in [2.75, 3.05) is 35.5 Å². The third-order valence-corrected chi connectivity index (χ3v) is 5.32. The van der Waals surface area contributed by atoms with E-state index in [1.54, 1.807) is 18.0 Å². The van der Waals surface area contributed by atoms with E-state index in [1.807, 2.05) is 0 Å². The van der Waals surface area contributed by atoms with Crippen molar-refractivity contribution in [3.8, 4) is 0 Å². The van der Waals surface area contributed by atoms with E-state index in [9.17, 15) is 19.2 Å². The number of likely N-dealkylation sites (N-methyl/N-ethyl adjacent to an activating group) is 1. The minimum atomic E-state index is -1.72. The molecule has 0 bridgehead atoms. The molecule has 0 aromatic heterocycles. The van der Waals surface area contributed by atoms with Crippen LogP contribution in [0.15, 0.2) is 11.6 Å². The van der Waals surface area contributed by atoms with Gasteiger partial charge in [-0.15, -0.1) is 0 Å². The number of hydrogen-bond acceptors (Lipinski definition) is 9. The molecule has 4 atom stereocenters. The molecule has 1 aliphatic carbocycles. The number of likely N-dealkylation sites (tertiary alicyclic amines) is 1. The lowest BCUT2D eigenvalue weighted by atomic mass is 9.62. The monoisotopic (exact) mass is 369 g/mol. The first-order chi connectivity index (χ1) is 12.3. The molecule has 1 fully saturated rings. The number of rotatable bonds is 4. The summed E-state index contributed by atoms with van der Waals surface area (Å²) in [6, 6.07) is -1.75. The Morgan fingerprint density at radius 3 is 2.12 bits per heavy atom. The highest BCUT2D eigenvalue weighted by Gasteiger charge is 2.71. The van der Waals surface area contributed by atoms with Gasteiger partial charge in [-0.2, -0.15) is 0 Å². The minimum Gasteiger partial charge on any atom is -0.469 e. The molecule has 0 aromatic rings. The third-order valence-electron chi connectivity index (χ3n) is 5.32. The molecule has 0 aromatic carbocycles. The molecular weight excluding hydrogens is 346 g/mol. The number of carbonyl (C=O) groups is 4. The molecule has 9 heteroatoms. The third kappa shape index (κ3) is 2.57. The predicted octanol–water partition coefficient (Wildman–Crippen LogP) is -0.316. The van der Waals surface area contributed by atoms with Gasteiger partial charge in [0.25, 0.3) is 0 Å². The van der Waals surface area contributed by atoms with Gasteiger partial charge >= 0.3 is 23.9 Å². The van der Waals surface area contributed by atoms with E-state index in [2.05, 4.69) is 0 Å². The van der Waals surface area contributed by atoms with Crippen molar-refractivity contribution < 1.29 is 38.1 Å². The Balaban J connectivity index is 2.81. The zero-order chi connectivity index (χ0) is 19.6. The highest BCUT2D eigenvalue weighted by molar-refractivity contribution is 6.04. The Hall–Kier alpha value is -2.42. The van der Waals surface area contributed by atoms with Gasteiger partial charge in [0, 0.05) is 6.04 Å². The van der Waals surface area contributed by atoms with Crippen LogP contribution in [0.25, 0.3) is 0 Å². The number of esters is 4. The van der Waals surface area contributed by atoms with Crippen molar-refractivity contribution in [3.05, 3.63) is 11.6 Å². The molecule has 144 valence electrons. The summed E-state index contributed by atoms with van der Waals surface area (Å²) in [6.45, 7) is 0. The number of methoxy groups -OCH3 is 4. The summed E-state index contributed by atoms with van der Waals surface area (Å²) < 4.78 is 19.5. The second-order valence-corrected chi connectivity index (χ2v) is 6.20. The fourth-order valence-corrected chi connectivity index (χ4v) is 4.31. The Morgan fingerprint density at radius 1 is 1.00 bits per heavy atom. The van der Waals surface area contributed by atoms with Crippen LogP contribution in [0, 0.1) is 11.3 Å². The molecule has 1 heterocycles. The molecule has 0 radical (unpaired) electrons. The highest BCUT2D eigenvalue weighted by Crippen LogP contribution is 2.55. The molecule has 0 N–H and O–H groups in total. The van der Waals surface area contributed by atoms with Gasteiger partial charge in [0.1, 0.15) is 17.4 Å². The molecule has 26 heavy (non-hydrogen) atoms. The summed E-state index contributed by atoms with van der Waals surface area (Å²) in [5.41, 5.74) is -1.72. The number of ether oxygens (including phenoxy) is 4. The fourth-order valence-electron chi connectivity index (χ4n) is 4.31. The van der Waals surface area contributed by atoms with Crippen LogP contribution in [0.2, 0.25) is 0 Å². The smallest absolute Gasteiger partial charge is 0.334 e. The van der Waals surface area contributed by atoms with Gasteiger partial charge in [0.05, 0.1) is 34.0 Å². The standard InChI is InChI=1S/C17H23NO8/c1-18-10-8-6-7-9(13(19)23-2)17(10,16(22)26-5)11(14(20)24-3)12(18)15(21)25-4/h7,10-12H,6,8H2,1-5H3/t10-,11-,12+,17+/m0/s1. The molecular formula is C17H23NO8. The quantitative estimate of drug-likeness (QED) is 0.487. The number of carbonyl (C=O) groups excluding carboxylic acids is 4. The van der Waals surface area contributed by atoms with E-state index in [1.165, 1.54) is 14.2 Å². The summed E-state index contributed by atoms with van der Waals surface area (Å²) in [5.74, 6) is -4.38. The van der Waals surface area contributed by atoms with Gasteiger partial charge < -0.3 is 18.9 Å². The molecule has 0 spiro atoms. The normalized spacial score (nSPS) is 30.7. The van der Waals surface area contributed by atoms with E-state index in [0.717, 1.165) is 14.2 Å². The van der Waals surface area contributed by atoms with Crippen molar-refractivity contribution in [1.82, 2.24) is 4.90 Å². The molecule has 0 unspecified atom stereocenters. The summed E-state index contributed by atoms with van der Waals surface area (Å²) in [4.78, 5) is 52.1. The van der Waals surface area contributed by atoms with Crippen molar-refractivity contribution in [3.63, 3.8) is 0 Å². The number of hydrogen-bond donors (Lipinski definition) is 0. The first kappa shape index (κ1) is 19.9. The Labute approximate surface area is 151 Å². The molecule has 0 saturated carbocycles. The van der Waals surface area contributed by atoms with Gasteiger partial charge in [0.15, 0.2) is 0 Å². The van der Waals surface area contributed by atoms with Crippen LogP contribution in [0.3, 0.4) is 0 Å². The van der Waals surface area contributed by atoms with E-state index in [0.29, 0.717) is 12.8 Å². The zero-order valence-electron chi connectivity index (χ0n) is 15.4. The first-order valence-electron chi connectivity index (χ1n) is 8.07. The summed E-state index contributed by atoms with van der Waals surface area (Å²) in [6.07, 6.45) is 2.47. The topological polar surface area (TPSA) is 108 Å². The molecule has 9 nitrogen and oxygen atoms in total. The van der Waals surface area contributed by atoms with Crippen LogP contribution in [0.5, 0.6) is 0 Å². The van der Waals surface area contributed by atoms with Crippen LogP contribution in [0.1, 0.15) is 12.8 Å². The van der Waals surface area contributed by atoms with Crippen molar-refractivity contribution in [1.29, 1.82) is 0 Å². The van der Waals surface area contributed by atoms with Crippen LogP contribution in [0.4, 0.5) is 0 Å². The fraction of sp³-hybridized carbons (Fsp3) is 0.647. The van der Waals surface area contributed by atoms with E-state index < -0.39 is 47.3 Å². The van der Waals surface area contributed by atoms with Crippen molar-refractivity contribution in [2.45, 2.75) is 24.9 Å². The average Bonchev–Trinajstić information content (AvgIpc) is 2.95. The largest absolute Gasteiger partial charge is 0.469 e. The number of allylic oxidation sites excluding steroid dienone is 1. The highest BCUT2D eigenvalue weighted by atomic mass is 16.5. The molecule has 1 saturated heterocycles. The lowest BCUT2D eigenvalue weighted by molar-refractivity contribution is -0.167. The van der Waals surface area contributed by atoms with Gasteiger partial charge in [0.2, 0.25) is 0 Å². The Bertz CT molecular complexity index is 657. The molecule has 0 amide bonds. The Morgan fingerprint density at radius 2 is 1.62 bits per heavy atom. The summed E-state index contributed by atoms with van der Waals surface area (Å²) in [7, 11) is 6.29. The first-order valence-corrected chi connectivity index (χ1v) is 8.07. The Kier molecular flexibility index (Phi) is 5.70. The molecule has 1 aliphatic heterocycles. The second-order valence-electron chi connectivity index (χ2n) is 6.20. The van der Waals surface area contributed by atoms with Crippen LogP contribution >= 0.6 is 0 Å². The predicted molar refractivity (Wildman–Crippen MR) is 86.6 cm³/mol. The maximum Gasteiger partial charge on any atom is 0.334 e. The zero-order valence-corrected chi connectivity index (χ0v) is 15.4. The van der Waals surface area contributed by atoms with Gasteiger partial charge in [-0.05, 0) is 19.9 Å². The van der Waals surface area contributed by atoms with Crippen LogP contribution in [-0.4, -0.2) is 76.3 Å². The SMILES string of the molecule is COC(=O)C1=CCC[C@@H]2N(C)[C@@H](C(=O)OC)[C@@H](C(=O)OC)[C@@]12C(=O)OC. The summed E-state index contributed by atoms with van der Waals surface area (Å²) >= 11 is 0. The van der Waals surface area contributed by atoms with E-state index in [4.69, 9.17) is 18.9 Å². The van der Waals surface area contributed by atoms with Gasteiger partial charge in [-0.3, -0.25) is 19.3 Å². The lowest BCUT2D eigenvalue weighted by Crippen LogP contribution is -2.54. The van der Waals surface area contributed by atoms with Gasteiger partial charge in [-0.25, -0.2) is 4.79 Å². The maximum atomic E-state index is 13.0. The van der Waals surface area contributed by atoms with E-state index in [-0.39, 0.29) is 5.57 Å². The van der Waals surface area contributed by atoms with Crippen LogP contribution < -0.4 is 0 Å². The van der Waals surface area contributed by atoms with E-state index >= 15 is 0 Å². The number of nitrogens with zero attached hydrogens (tertiary/aromatic N) is 1.